The molecule has 2 aromatic heterocycles. The maximum absolute atomic E-state index is 14.1. The number of fused-ring (bicyclic) bond motifs is 2. The Morgan fingerprint density at radius 2 is 1.58 bits per heavy atom. The molecule has 0 aliphatic carbocycles. The fraction of sp³-hybridized carbons (Fsp3) is 0.120. The van der Waals surface area contributed by atoms with Crippen molar-refractivity contribution in [3.63, 3.8) is 0 Å². The molecule has 5 rings (SSSR count). The van der Waals surface area contributed by atoms with Crippen molar-refractivity contribution in [1.82, 2.24) is 14.8 Å². The minimum atomic E-state index is -4.52. The summed E-state index contributed by atoms with van der Waals surface area (Å²) in [6.07, 6.45) is -4.52. The number of rotatable bonds is 3. The minimum absolute atomic E-state index is 0.0485. The third kappa shape index (κ3) is 3.44. The van der Waals surface area contributed by atoms with Gasteiger partial charge in [-0.05, 0) is 29.3 Å². The van der Waals surface area contributed by atoms with Crippen LogP contribution in [0.2, 0.25) is 0 Å². The first-order valence-electron chi connectivity index (χ1n) is 9.89. The van der Waals surface area contributed by atoms with E-state index in [1.807, 2.05) is 66.7 Å². The summed E-state index contributed by atoms with van der Waals surface area (Å²) < 4.78 is 43.8. The maximum Gasteiger partial charge on any atom is 0.417 e. The van der Waals surface area contributed by atoms with Gasteiger partial charge in [-0.25, -0.2) is 9.67 Å². The topological polar surface area (TPSA) is 30.7 Å². The third-order valence-corrected chi connectivity index (χ3v) is 5.42. The molecule has 0 fully saturated rings. The van der Waals surface area contributed by atoms with Crippen LogP contribution in [0.3, 0.4) is 0 Å². The summed E-state index contributed by atoms with van der Waals surface area (Å²) in [6, 6.07) is 23.9. The lowest BCUT2D eigenvalue weighted by molar-refractivity contribution is -0.136. The molecule has 0 N–H and O–H groups in total. The van der Waals surface area contributed by atoms with Crippen LogP contribution in [0.5, 0.6) is 0 Å². The molecule has 0 bridgehead atoms. The lowest BCUT2D eigenvalue weighted by Crippen LogP contribution is -2.08. The molecule has 0 spiro atoms. The highest BCUT2D eigenvalue weighted by Gasteiger charge is 2.35. The van der Waals surface area contributed by atoms with Crippen molar-refractivity contribution in [1.29, 1.82) is 0 Å². The Morgan fingerprint density at radius 1 is 0.871 bits per heavy atom. The van der Waals surface area contributed by atoms with Gasteiger partial charge in [0.15, 0.2) is 5.65 Å². The van der Waals surface area contributed by atoms with Crippen LogP contribution in [0.4, 0.5) is 13.2 Å². The summed E-state index contributed by atoms with van der Waals surface area (Å²) in [5, 5.41) is 6.26. The minimum Gasteiger partial charge on any atom is -0.243 e. The molecular formula is C25H18F3N3. The van der Waals surface area contributed by atoms with Gasteiger partial charge in [-0.1, -0.05) is 72.8 Å². The van der Waals surface area contributed by atoms with E-state index in [1.165, 1.54) is 0 Å². The van der Waals surface area contributed by atoms with Gasteiger partial charge in [0, 0.05) is 5.56 Å². The molecule has 0 atom stereocenters. The summed E-state index contributed by atoms with van der Waals surface area (Å²) >= 11 is 0. The van der Waals surface area contributed by atoms with Crippen LogP contribution in [-0.4, -0.2) is 14.8 Å². The van der Waals surface area contributed by atoms with Gasteiger partial charge in [0.2, 0.25) is 0 Å². The fourth-order valence-electron chi connectivity index (χ4n) is 4.03. The van der Waals surface area contributed by atoms with E-state index >= 15 is 0 Å². The van der Waals surface area contributed by atoms with Crippen molar-refractivity contribution in [2.75, 3.05) is 0 Å². The Bertz CT molecular complexity index is 1400. The van der Waals surface area contributed by atoms with Crippen LogP contribution >= 0.6 is 0 Å². The molecule has 6 heteroatoms. The zero-order valence-corrected chi connectivity index (χ0v) is 16.7. The standard InChI is InChI=1S/C25H18F3N3/c1-16-23-21(25(26,27)28)14-22(20-13-7-11-18-10-5-6-12-19(18)20)29-24(23)31(30-16)15-17-8-3-2-4-9-17/h2-14H,15H2,1H3. The Morgan fingerprint density at radius 3 is 2.35 bits per heavy atom. The largest absolute Gasteiger partial charge is 0.417 e. The second-order valence-electron chi connectivity index (χ2n) is 7.51. The van der Waals surface area contributed by atoms with Gasteiger partial charge in [0.05, 0.1) is 28.9 Å². The van der Waals surface area contributed by atoms with Crippen molar-refractivity contribution >= 4 is 21.8 Å². The summed E-state index contributed by atoms with van der Waals surface area (Å²) in [4.78, 5) is 4.69. The Hall–Kier alpha value is -3.67. The molecule has 0 saturated carbocycles. The molecule has 0 aliphatic rings. The summed E-state index contributed by atoms with van der Waals surface area (Å²) in [7, 11) is 0. The average Bonchev–Trinajstić information content (AvgIpc) is 3.08. The quantitative estimate of drug-likeness (QED) is 0.330. The smallest absolute Gasteiger partial charge is 0.243 e. The van der Waals surface area contributed by atoms with Crippen molar-refractivity contribution in [3.05, 3.63) is 95.7 Å². The number of aryl methyl sites for hydroxylation is 1. The molecule has 0 aliphatic heterocycles. The van der Waals surface area contributed by atoms with Gasteiger partial charge in [-0.15, -0.1) is 0 Å². The fourth-order valence-corrected chi connectivity index (χ4v) is 4.03. The van der Waals surface area contributed by atoms with Crippen LogP contribution in [0.25, 0.3) is 33.1 Å². The van der Waals surface area contributed by atoms with E-state index in [0.29, 0.717) is 17.8 Å². The molecule has 3 nitrogen and oxygen atoms in total. The molecule has 0 amide bonds. The normalized spacial score (nSPS) is 12.0. The van der Waals surface area contributed by atoms with E-state index < -0.39 is 11.7 Å². The Balaban J connectivity index is 1.79. The first-order valence-corrected chi connectivity index (χ1v) is 9.89. The number of hydrogen-bond donors (Lipinski definition) is 0. The van der Waals surface area contributed by atoms with E-state index in [4.69, 9.17) is 0 Å². The van der Waals surface area contributed by atoms with Crippen LogP contribution in [0.1, 0.15) is 16.8 Å². The highest BCUT2D eigenvalue weighted by atomic mass is 19.4. The van der Waals surface area contributed by atoms with Crippen molar-refractivity contribution in [3.8, 4) is 11.3 Å². The summed E-state index contributed by atoms with van der Waals surface area (Å²) in [5.74, 6) is 0. The Labute approximate surface area is 176 Å². The molecule has 0 unspecified atom stereocenters. The number of hydrogen-bond acceptors (Lipinski definition) is 2. The first kappa shape index (κ1) is 19.3. The monoisotopic (exact) mass is 417 g/mol. The highest BCUT2D eigenvalue weighted by Crippen LogP contribution is 2.39. The van der Waals surface area contributed by atoms with Crippen LogP contribution in [0.15, 0.2) is 78.9 Å². The van der Waals surface area contributed by atoms with Gasteiger partial charge in [-0.2, -0.15) is 18.3 Å². The van der Waals surface area contributed by atoms with Gasteiger partial charge >= 0.3 is 6.18 Å². The zero-order chi connectivity index (χ0) is 21.6. The molecule has 0 radical (unpaired) electrons. The van der Waals surface area contributed by atoms with E-state index in [2.05, 4.69) is 10.1 Å². The van der Waals surface area contributed by atoms with Crippen LogP contribution < -0.4 is 0 Å². The molecule has 3 aromatic carbocycles. The van der Waals surface area contributed by atoms with Crippen molar-refractivity contribution in [2.45, 2.75) is 19.6 Å². The summed E-state index contributed by atoms with van der Waals surface area (Å²) in [6.45, 7) is 1.94. The van der Waals surface area contributed by atoms with Crippen LogP contribution in [0, 0.1) is 6.92 Å². The van der Waals surface area contributed by atoms with Gasteiger partial charge < -0.3 is 0 Å². The Kier molecular flexibility index (Phi) is 4.50. The maximum atomic E-state index is 14.1. The van der Waals surface area contributed by atoms with Crippen molar-refractivity contribution < 1.29 is 13.2 Å². The van der Waals surface area contributed by atoms with E-state index in [-0.39, 0.29) is 16.7 Å². The number of alkyl halides is 3. The van der Waals surface area contributed by atoms with E-state index in [9.17, 15) is 13.2 Å². The lowest BCUT2D eigenvalue weighted by Gasteiger charge is -2.13. The number of aromatic nitrogens is 3. The molecule has 5 aromatic rings. The molecule has 2 heterocycles. The van der Waals surface area contributed by atoms with E-state index in [1.54, 1.807) is 17.7 Å². The predicted molar refractivity (Wildman–Crippen MR) is 116 cm³/mol. The molecule has 31 heavy (non-hydrogen) atoms. The van der Waals surface area contributed by atoms with Gasteiger partial charge in [-0.3, -0.25) is 0 Å². The summed E-state index contributed by atoms with van der Waals surface area (Å²) in [5.41, 5.74) is 1.73. The lowest BCUT2D eigenvalue weighted by atomic mass is 9.99. The highest BCUT2D eigenvalue weighted by molar-refractivity contribution is 5.97. The SMILES string of the molecule is Cc1nn(Cc2ccccc2)c2nc(-c3cccc4ccccc34)cc(C(F)(F)F)c12. The molecule has 0 saturated heterocycles. The number of halogens is 3. The number of benzene rings is 3. The average molecular weight is 417 g/mol. The first-order chi connectivity index (χ1) is 14.9. The van der Waals surface area contributed by atoms with Crippen LogP contribution in [-0.2, 0) is 12.7 Å². The second kappa shape index (κ2) is 7.23. The predicted octanol–water partition coefficient (Wildman–Crippen LogP) is 6.63. The molecule has 154 valence electrons. The van der Waals surface area contributed by atoms with Crippen molar-refractivity contribution in [2.24, 2.45) is 0 Å². The number of pyridine rings is 1. The zero-order valence-electron chi connectivity index (χ0n) is 16.7. The van der Waals surface area contributed by atoms with E-state index in [0.717, 1.165) is 22.4 Å². The van der Waals surface area contributed by atoms with Gasteiger partial charge in [0.25, 0.3) is 0 Å². The second-order valence-corrected chi connectivity index (χ2v) is 7.51. The third-order valence-electron chi connectivity index (χ3n) is 5.42. The van der Waals surface area contributed by atoms with Gasteiger partial charge in [0.1, 0.15) is 0 Å². The molecular weight excluding hydrogens is 399 g/mol. The number of nitrogens with zero attached hydrogens (tertiary/aromatic N) is 3.